The van der Waals surface area contributed by atoms with Gasteiger partial charge in [-0.05, 0) is 44.0 Å². The van der Waals surface area contributed by atoms with Crippen LogP contribution >= 0.6 is 0 Å². The van der Waals surface area contributed by atoms with E-state index in [1.807, 2.05) is 30.3 Å². The van der Waals surface area contributed by atoms with Gasteiger partial charge in [-0.3, -0.25) is 10.1 Å². The third-order valence-corrected chi connectivity index (χ3v) is 4.13. The van der Waals surface area contributed by atoms with E-state index in [2.05, 4.69) is 10.3 Å². The minimum Gasteiger partial charge on any atom is -0.473 e. The average molecular weight is 421 g/mol. The molecule has 3 aromatic rings. The molecule has 0 spiro atoms. The molecule has 0 aliphatic carbocycles. The molecule has 160 valence electrons. The summed E-state index contributed by atoms with van der Waals surface area (Å²) >= 11 is 0. The third-order valence-electron chi connectivity index (χ3n) is 4.13. The molecule has 1 aromatic heterocycles. The van der Waals surface area contributed by atoms with Gasteiger partial charge in [0.25, 0.3) is 0 Å². The molecule has 1 N–H and O–H groups in total. The van der Waals surface area contributed by atoms with Crippen LogP contribution in [0.2, 0.25) is 0 Å². The van der Waals surface area contributed by atoms with Crippen LogP contribution in [0.4, 0.5) is 10.5 Å². The summed E-state index contributed by atoms with van der Waals surface area (Å²) in [5.41, 5.74) is 1.42. The molecule has 2 aromatic carbocycles. The molecule has 8 heteroatoms. The number of ether oxygens (including phenoxy) is 2. The number of nitro groups is 1. The van der Waals surface area contributed by atoms with Gasteiger partial charge in [-0.25, -0.2) is 9.78 Å². The first-order chi connectivity index (χ1) is 14.7. The van der Waals surface area contributed by atoms with Crippen LogP contribution in [0.5, 0.6) is 11.6 Å². The Morgan fingerprint density at radius 2 is 1.77 bits per heavy atom. The minimum absolute atomic E-state index is 0.133. The van der Waals surface area contributed by atoms with E-state index in [0.29, 0.717) is 23.6 Å². The highest BCUT2D eigenvalue weighted by molar-refractivity contribution is 5.75. The highest BCUT2D eigenvalue weighted by Gasteiger charge is 2.22. The fourth-order valence-electron chi connectivity index (χ4n) is 2.73. The van der Waals surface area contributed by atoms with Crippen molar-refractivity contribution in [3.8, 4) is 22.8 Å². The topological polar surface area (TPSA) is 104 Å². The van der Waals surface area contributed by atoms with Crippen LogP contribution in [0.3, 0.4) is 0 Å². The Morgan fingerprint density at radius 3 is 2.39 bits per heavy atom. The summed E-state index contributed by atoms with van der Waals surface area (Å²) in [6.45, 7) is 5.74. The van der Waals surface area contributed by atoms with Gasteiger partial charge in [-0.1, -0.05) is 36.4 Å². The van der Waals surface area contributed by atoms with Gasteiger partial charge in [0.2, 0.25) is 11.6 Å². The summed E-state index contributed by atoms with van der Waals surface area (Å²) in [5, 5.41) is 14.1. The molecule has 0 radical (unpaired) electrons. The van der Waals surface area contributed by atoms with E-state index in [4.69, 9.17) is 9.47 Å². The highest BCUT2D eigenvalue weighted by atomic mass is 16.6. The first kappa shape index (κ1) is 21.8. The Kier molecular flexibility index (Phi) is 6.49. The second-order valence-corrected chi connectivity index (χ2v) is 7.86. The predicted octanol–water partition coefficient (Wildman–Crippen LogP) is 5.12. The van der Waals surface area contributed by atoms with Crippen LogP contribution in [-0.4, -0.2) is 21.5 Å². The van der Waals surface area contributed by atoms with E-state index in [0.717, 1.165) is 5.56 Å². The number of nitrogens with zero attached hydrogens (tertiary/aromatic N) is 2. The van der Waals surface area contributed by atoms with Crippen LogP contribution in [-0.2, 0) is 6.61 Å². The quantitative estimate of drug-likeness (QED) is 0.437. The van der Waals surface area contributed by atoms with Gasteiger partial charge in [0.05, 0.1) is 4.92 Å². The number of amides is 1. The number of hydrogen-bond acceptors (Lipinski definition) is 6. The van der Waals surface area contributed by atoms with Crippen molar-refractivity contribution in [3.63, 3.8) is 0 Å². The Bertz CT molecular complexity index is 1060. The number of benzene rings is 2. The molecule has 1 heterocycles. The molecule has 3 rings (SSSR count). The van der Waals surface area contributed by atoms with Crippen LogP contribution in [0.15, 0.2) is 66.9 Å². The predicted molar refractivity (Wildman–Crippen MR) is 116 cm³/mol. The van der Waals surface area contributed by atoms with Crippen LogP contribution in [0.1, 0.15) is 26.3 Å². The zero-order valence-electron chi connectivity index (χ0n) is 17.5. The largest absolute Gasteiger partial charge is 0.473 e. The number of carbonyl (C=O) groups is 1. The zero-order chi connectivity index (χ0) is 22.4. The van der Waals surface area contributed by atoms with E-state index in [1.54, 1.807) is 45.2 Å². The monoisotopic (exact) mass is 421 g/mol. The van der Waals surface area contributed by atoms with E-state index in [-0.39, 0.29) is 11.4 Å². The van der Waals surface area contributed by atoms with Gasteiger partial charge in [-0.15, -0.1) is 0 Å². The van der Waals surface area contributed by atoms with Crippen molar-refractivity contribution in [3.05, 3.63) is 82.5 Å². The Balaban J connectivity index is 1.74. The number of rotatable bonds is 6. The maximum Gasteiger partial charge on any atom is 0.413 e. The lowest BCUT2D eigenvalue weighted by molar-refractivity contribution is -0.385. The lowest BCUT2D eigenvalue weighted by Crippen LogP contribution is -2.42. The van der Waals surface area contributed by atoms with Gasteiger partial charge >= 0.3 is 11.8 Å². The maximum atomic E-state index is 12.0. The van der Waals surface area contributed by atoms with Crippen LogP contribution in [0.25, 0.3) is 11.1 Å². The summed E-state index contributed by atoms with van der Waals surface area (Å²) in [7, 11) is 0. The second-order valence-electron chi connectivity index (χ2n) is 7.86. The minimum atomic E-state index is -0.759. The lowest BCUT2D eigenvalue weighted by Gasteiger charge is -2.19. The number of pyridine rings is 1. The lowest BCUT2D eigenvalue weighted by atomic mass is 10.1. The molecular weight excluding hydrogens is 398 g/mol. The van der Waals surface area contributed by atoms with Crippen LogP contribution < -0.4 is 14.8 Å². The summed E-state index contributed by atoms with van der Waals surface area (Å²) < 4.78 is 10.8. The van der Waals surface area contributed by atoms with Crippen molar-refractivity contribution >= 4 is 11.8 Å². The average Bonchev–Trinajstić information content (AvgIpc) is 2.72. The maximum absolute atomic E-state index is 12.0. The summed E-state index contributed by atoms with van der Waals surface area (Å²) in [4.78, 5) is 27.2. The molecule has 1 amide bonds. The van der Waals surface area contributed by atoms with E-state index < -0.39 is 16.6 Å². The first-order valence-corrected chi connectivity index (χ1v) is 9.63. The van der Waals surface area contributed by atoms with E-state index in [9.17, 15) is 14.9 Å². The highest BCUT2D eigenvalue weighted by Crippen LogP contribution is 2.32. The summed E-state index contributed by atoms with van der Waals surface area (Å²) in [6, 6.07) is 17.6. The van der Waals surface area contributed by atoms with Crippen molar-refractivity contribution in [2.75, 3.05) is 0 Å². The molecular formula is C23H23N3O5. The number of hydrogen-bond donors (Lipinski definition) is 1. The first-order valence-electron chi connectivity index (χ1n) is 9.63. The number of nitro benzene ring substituents is 1. The summed E-state index contributed by atoms with van der Waals surface area (Å²) in [6.07, 6.45) is 0.816. The molecule has 0 atom stereocenters. The third kappa shape index (κ3) is 6.27. The van der Waals surface area contributed by atoms with Gasteiger partial charge in [0.1, 0.15) is 6.61 Å². The van der Waals surface area contributed by atoms with Crippen molar-refractivity contribution in [1.29, 1.82) is 0 Å². The molecule has 0 fully saturated rings. The van der Waals surface area contributed by atoms with Gasteiger partial charge < -0.3 is 14.8 Å². The summed E-state index contributed by atoms with van der Waals surface area (Å²) in [5.74, 6) is 0.312. The molecule has 0 unspecified atom stereocenters. The SMILES string of the molecule is CC(C)(C)NC(=O)Oc1ccc(-c2ccc(OCc3ccccc3)nc2)cc1[N+](=O)[O-]. The second kappa shape index (κ2) is 9.25. The molecule has 8 nitrogen and oxygen atoms in total. The normalized spacial score (nSPS) is 10.9. The Labute approximate surface area is 180 Å². The van der Waals surface area contributed by atoms with Crippen molar-refractivity contribution in [1.82, 2.24) is 10.3 Å². The van der Waals surface area contributed by atoms with Gasteiger partial charge in [-0.2, -0.15) is 0 Å². The number of nitrogens with one attached hydrogen (secondary N) is 1. The number of carbonyl (C=O) groups excluding carboxylic acids is 1. The van der Waals surface area contributed by atoms with Crippen molar-refractivity contribution in [2.45, 2.75) is 32.9 Å². The molecule has 0 aliphatic heterocycles. The fourth-order valence-corrected chi connectivity index (χ4v) is 2.73. The van der Waals surface area contributed by atoms with Crippen molar-refractivity contribution < 1.29 is 19.2 Å². The smallest absolute Gasteiger partial charge is 0.413 e. The standard InChI is InChI=1S/C23H23N3O5/c1-23(2,3)25-22(27)31-20-11-9-17(13-19(20)26(28)29)18-10-12-21(24-14-18)30-15-16-7-5-4-6-8-16/h4-14H,15H2,1-3H3,(H,25,27). The van der Waals surface area contributed by atoms with Gasteiger partial charge in [0, 0.05) is 29.4 Å². The molecule has 0 saturated heterocycles. The van der Waals surface area contributed by atoms with E-state index >= 15 is 0 Å². The van der Waals surface area contributed by atoms with Crippen molar-refractivity contribution in [2.24, 2.45) is 0 Å². The van der Waals surface area contributed by atoms with Gasteiger partial charge in [0.15, 0.2) is 0 Å². The number of aromatic nitrogens is 1. The van der Waals surface area contributed by atoms with Crippen LogP contribution in [0, 0.1) is 10.1 Å². The Morgan fingerprint density at radius 1 is 1.06 bits per heavy atom. The zero-order valence-corrected chi connectivity index (χ0v) is 17.5. The fraction of sp³-hybridized carbons (Fsp3) is 0.217. The molecule has 0 bridgehead atoms. The molecule has 31 heavy (non-hydrogen) atoms. The molecule has 0 aliphatic rings. The molecule has 0 saturated carbocycles. The van der Waals surface area contributed by atoms with E-state index in [1.165, 1.54) is 12.1 Å². The Hall–Kier alpha value is -3.94.